The average Bonchev–Trinajstić information content (AvgIpc) is 3.23. The zero-order valence-corrected chi connectivity index (χ0v) is 15.2. The third kappa shape index (κ3) is 5.26. The van der Waals surface area contributed by atoms with E-state index in [1.54, 1.807) is 12.4 Å². The van der Waals surface area contributed by atoms with E-state index in [2.05, 4.69) is 39.9 Å². The van der Waals surface area contributed by atoms with Gasteiger partial charge in [-0.1, -0.05) is 12.1 Å². The summed E-state index contributed by atoms with van der Waals surface area (Å²) >= 11 is 0. The van der Waals surface area contributed by atoms with E-state index in [4.69, 9.17) is 15.9 Å². The molecular weight excluding hydrogens is 338 g/mol. The molecule has 5 N–H and O–H groups in total. The van der Waals surface area contributed by atoms with Crippen LogP contribution in [0.2, 0.25) is 0 Å². The molecule has 0 amide bonds. The second-order valence-corrected chi connectivity index (χ2v) is 6.35. The second kappa shape index (κ2) is 9.66. The number of nitrogens with one attached hydrogen (secondary N) is 3. The first kappa shape index (κ1) is 18.8. The van der Waals surface area contributed by atoms with Crippen molar-refractivity contribution in [3.05, 3.63) is 71.8 Å². The molecule has 1 aliphatic rings. The quantitative estimate of drug-likeness (QED) is 0.541. The summed E-state index contributed by atoms with van der Waals surface area (Å²) < 4.78 is 5.38. The predicted molar refractivity (Wildman–Crippen MR) is 110 cm³/mol. The lowest BCUT2D eigenvalue weighted by Crippen LogP contribution is -2.28. The summed E-state index contributed by atoms with van der Waals surface area (Å²) in [4.78, 5) is 4.15. The van der Waals surface area contributed by atoms with E-state index in [1.165, 1.54) is 18.0 Å². The van der Waals surface area contributed by atoms with Gasteiger partial charge in [-0.05, 0) is 41.8 Å². The molecule has 1 aromatic heterocycles. The predicted octanol–water partition coefficient (Wildman–Crippen LogP) is 2.99. The summed E-state index contributed by atoms with van der Waals surface area (Å²) in [5, 5.41) is 14.2. The van der Waals surface area contributed by atoms with Gasteiger partial charge in [0.05, 0.1) is 6.61 Å². The lowest BCUT2D eigenvalue weighted by atomic mass is 10.0. The molecule has 0 spiro atoms. The zero-order valence-electron chi connectivity index (χ0n) is 15.2. The van der Waals surface area contributed by atoms with Crippen LogP contribution in [0.15, 0.2) is 55.1 Å². The lowest BCUT2D eigenvalue weighted by molar-refractivity contribution is 0.190. The average molecular weight is 363 g/mol. The molecule has 1 fully saturated rings. The molecule has 1 unspecified atom stereocenters. The third-order valence-electron chi connectivity index (χ3n) is 4.49. The molecule has 140 valence electrons. The van der Waals surface area contributed by atoms with Gasteiger partial charge in [0.25, 0.3) is 0 Å². The fourth-order valence-electron chi connectivity index (χ4n) is 2.92. The SMILES string of the molecule is N=C/C(=C\N)c1ccncc1/C=C/Nc1ccc(CNC2CCOC2)cc1. The number of nitrogens with zero attached hydrogens (tertiary/aromatic N) is 1. The maximum absolute atomic E-state index is 7.47. The van der Waals surface area contributed by atoms with Crippen LogP contribution in [0.1, 0.15) is 23.1 Å². The number of hydrogen-bond donors (Lipinski definition) is 4. The molecule has 27 heavy (non-hydrogen) atoms. The van der Waals surface area contributed by atoms with Crippen LogP contribution in [-0.2, 0) is 11.3 Å². The van der Waals surface area contributed by atoms with E-state index in [0.717, 1.165) is 43.0 Å². The van der Waals surface area contributed by atoms with Crippen molar-refractivity contribution in [3.63, 3.8) is 0 Å². The Morgan fingerprint density at radius 1 is 1.30 bits per heavy atom. The van der Waals surface area contributed by atoms with E-state index >= 15 is 0 Å². The zero-order chi connectivity index (χ0) is 18.9. The summed E-state index contributed by atoms with van der Waals surface area (Å²) in [6.45, 7) is 2.51. The van der Waals surface area contributed by atoms with Gasteiger partial charge < -0.3 is 26.5 Å². The number of rotatable bonds is 8. The number of anilines is 1. The van der Waals surface area contributed by atoms with Crippen LogP contribution in [0.3, 0.4) is 0 Å². The highest BCUT2D eigenvalue weighted by atomic mass is 16.5. The Bertz CT molecular complexity index is 808. The van der Waals surface area contributed by atoms with Crippen molar-refractivity contribution < 1.29 is 4.74 Å². The topological polar surface area (TPSA) is 96.1 Å². The highest BCUT2D eigenvalue weighted by Gasteiger charge is 2.14. The number of benzene rings is 1. The van der Waals surface area contributed by atoms with Gasteiger partial charge in [-0.2, -0.15) is 0 Å². The third-order valence-corrected chi connectivity index (χ3v) is 4.49. The van der Waals surface area contributed by atoms with Crippen LogP contribution < -0.4 is 16.4 Å². The monoisotopic (exact) mass is 363 g/mol. The van der Waals surface area contributed by atoms with Crippen molar-refractivity contribution in [2.75, 3.05) is 18.5 Å². The molecule has 3 rings (SSSR count). The van der Waals surface area contributed by atoms with E-state index in [0.29, 0.717) is 11.6 Å². The van der Waals surface area contributed by atoms with Crippen LogP contribution in [-0.4, -0.2) is 30.5 Å². The van der Waals surface area contributed by atoms with Gasteiger partial charge in [-0.3, -0.25) is 4.98 Å². The Hall–Kier alpha value is -2.96. The smallest absolute Gasteiger partial charge is 0.0620 e. The van der Waals surface area contributed by atoms with Crippen LogP contribution in [0.25, 0.3) is 11.6 Å². The molecule has 0 radical (unpaired) electrons. The minimum Gasteiger partial charge on any atom is -0.404 e. The standard InChI is InChI=1S/C21H25N5O/c22-11-18(12-23)21-6-8-24-14-17(21)5-9-25-19-3-1-16(2-4-19)13-26-20-7-10-27-15-20/h1-6,8-9,11-12,14,20,22,25-26H,7,10,13,15,23H2/b9-5+,18-12+,22-11?. The number of aromatic nitrogens is 1. The molecule has 0 bridgehead atoms. The first-order valence-electron chi connectivity index (χ1n) is 9.00. The van der Waals surface area contributed by atoms with Crippen LogP contribution in [0.5, 0.6) is 0 Å². The van der Waals surface area contributed by atoms with Crippen LogP contribution >= 0.6 is 0 Å². The first-order chi connectivity index (χ1) is 13.3. The molecule has 1 aromatic carbocycles. The largest absolute Gasteiger partial charge is 0.404 e. The number of nitrogens with two attached hydrogens (primary N) is 1. The number of ether oxygens (including phenoxy) is 1. The van der Waals surface area contributed by atoms with Crippen molar-refractivity contribution in [1.29, 1.82) is 5.41 Å². The molecule has 1 aliphatic heterocycles. The molecule has 2 aromatic rings. The fourth-order valence-corrected chi connectivity index (χ4v) is 2.92. The summed E-state index contributed by atoms with van der Waals surface area (Å²) in [5.74, 6) is 0. The molecule has 0 aliphatic carbocycles. The maximum atomic E-state index is 7.47. The normalized spacial score (nSPS) is 17.3. The Balaban J connectivity index is 1.57. The minimum absolute atomic E-state index is 0.466. The summed E-state index contributed by atoms with van der Waals surface area (Å²) in [7, 11) is 0. The van der Waals surface area contributed by atoms with Crippen LogP contribution in [0.4, 0.5) is 5.69 Å². The summed E-state index contributed by atoms with van der Waals surface area (Å²) in [5.41, 5.74) is 10.3. The maximum Gasteiger partial charge on any atom is 0.0620 e. The van der Waals surface area contributed by atoms with Crippen molar-refractivity contribution in [2.24, 2.45) is 5.73 Å². The van der Waals surface area contributed by atoms with Crippen LogP contribution in [0, 0.1) is 5.41 Å². The van der Waals surface area contributed by atoms with Gasteiger partial charge >= 0.3 is 0 Å². The Kier molecular flexibility index (Phi) is 6.73. The van der Waals surface area contributed by atoms with Gasteiger partial charge in [0.2, 0.25) is 0 Å². The molecule has 1 atom stereocenters. The Morgan fingerprint density at radius 3 is 2.85 bits per heavy atom. The van der Waals surface area contributed by atoms with Gasteiger partial charge in [-0.15, -0.1) is 0 Å². The summed E-state index contributed by atoms with van der Waals surface area (Å²) in [6, 6.07) is 10.6. The molecule has 2 heterocycles. The number of pyridine rings is 1. The van der Waals surface area contributed by atoms with Gasteiger partial charge in [0.1, 0.15) is 0 Å². The highest BCUT2D eigenvalue weighted by molar-refractivity contribution is 6.09. The molecule has 6 heteroatoms. The van der Waals surface area contributed by atoms with E-state index in [1.807, 2.05) is 18.3 Å². The fraction of sp³-hybridized carbons (Fsp3) is 0.238. The molecule has 0 saturated carbocycles. The summed E-state index contributed by atoms with van der Waals surface area (Å²) in [6.07, 6.45) is 11.0. The second-order valence-electron chi connectivity index (χ2n) is 6.35. The molecule has 1 saturated heterocycles. The number of allylic oxidation sites excluding steroid dienone is 1. The lowest BCUT2D eigenvalue weighted by Gasteiger charge is -2.11. The minimum atomic E-state index is 0.466. The van der Waals surface area contributed by atoms with Gasteiger partial charge in [0, 0.05) is 67.0 Å². The van der Waals surface area contributed by atoms with Gasteiger partial charge in [-0.25, -0.2) is 0 Å². The van der Waals surface area contributed by atoms with Crippen molar-refractivity contribution in [1.82, 2.24) is 10.3 Å². The number of hydrogen-bond acceptors (Lipinski definition) is 6. The molecule has 6 nitrogen and oxygen atoms in total. The van der Waals surface area contributed by atoms with E-state index in [9.17, 15) is 0 Å². The van der Waals surface area contributed by atoms with Gasteiger partial charge in [0.15, 0.2) is 0 Å². The Labute approximate surface area is 159 Å². The highest BCUT2D eigenvalue weighted by Crippen LogP contribution is 2.18. The first-order valence-corrected chi connectivity index (χ1v) is 9.00. The van der Waals surface area contributed by atoms with E-state index < -0.39 is 0 Å². The van der Waals surface area contributed by atoms with Crippen molar-refractivity contribution in [2.45, 2.75) is 19.0 Å². The Morgan fingerprint density at radius 2 is 2.15 bits per heavy atom. The van der Waals surface area contributed by atoms with Crippen molar-refractivity contribution >= 4 is 23.6 Å². The van der Waals surface area contributed by atoms with Crippen molar-refractivity contribution in [3.8, 4) is 0 Å². The molecular formula is C21H25N5O. The van der Waals surface area contributed by atoms with E-state index in [-0.39, 0.29) is 0 Å².